The first-order valence-corrected chi connectivity index (χ1v) is 7.03. The molecule has 110 valence electrons. The van der Waals surface area contributed by atoms with Crippen LogP contribution in [0.25, 0.3) is 0 Å². The predicted octanol–water partition coefficient (Wildman–Crippen LogP) is 0.816. The van der Waals surface area contributed by atoms with E-state index in [0.29, 0.717) is 19.4 Å². The zero-order valence-electron chi connectivity index (χ0n) is 12.2. The van der Waals surface area contributed by atoms with Gasteiger partial charge in [-0.1, -0.05) is 20.8 Å². The number of hydrogen-bond acceptors (Lipinski definition) is 3. The summed E-state index contributed by atoms with van der Waals surface area (Å²) in [5.41, 5.74) is -0.231. The second-order valence-corrected chi connectivity index (χ2v) is 6.35. The average Bonchev–Trinajstić information content (AvgIpc) is 3.14. The van der Waals surface area contributed by atoms with Gasteiger partial charge in [0.15, 0.2) is 0 Å². The summed E-state index contributed by atoms with van der Waals surface area (Å²) in [6.45, 7) is 6.60. The molecule has 0 bridgehead atoms. The Labute approximate surface area is 115 Å². The molecule has 1 aliphatic rings. The minimum absolute atomic E-state index is 0.0797. The van der Waals surface area contributed by atoms with Gasteiger partial charge < -0.3 is 15.7 Å². The summed E-state index contributed by atoms with van der Waals surface area (Å²) in [6.07, 6.45) is 2.46. The number of hydrogen-bond donors (Lipinski definition) is 3. The van der Waals surface area contributed by atoms with E-state index in [2.05, 4.69) is 10.6 Å². The molecule has 1 aliphatic carbocycles. The maximum absolute atomic E-state index is 11.5. The Kier molecular flexibility index (Phi) is 5.79. The van der Waals surface area contributed by atoms with Gasteiger partial charge in [0.1, 0.15) is 0 Å². The Morgan fingerprint density at radius 3 is 2.42 bits per heavy atom. The van der Waals surface area contributed by atoms with Gasteiger partial charge in [-0.3, -0.25) is 9.59 Å². The summed E-state index contributed by atoms with van der Waals surface area (Å²) < 4.78 is 0. The number of carbonyl (C=O) groups is 2. The number of aliphatic hydroxyl groups is 1. The number of amides is 2. The van der Waals surface area contributed by atoms with Crippen LogP contribution in [0.2, 0.25) is 0 Å². The van der Waals surface area contributed by atoms with Crippen molar-refractivity contribution in [2.24, 2.45) is 11.3 Å². The van der Waals surface area contributed by atoms with Crippen LogP contribution in [-0.4, -0.2) is 36.1 Å². The molecule has 19 heavy (non-hydrogen) atoms. The quantitative estimate of drug-likeness (QED) is 0.599. The summed E-state index contributed by atoms with van der Waals surface area (Å²) in [6, 6.07) is 0. The smallest absolute Gasteiger partial charge is 0.223 e. The third kappa shape index (κ3) is 6.57. The van der Waals surface area contributed by atoms with Crippen LogP contribution in [0, 0.1) is 11.3 Å². The maximum atomic E-state index is 11.5. The van der Waals surface area contributed by atoms with Gasteiger partial charge in [-0.2, -0.15) is 0 Å². The van der Waals surface area contributed by atoms with Crippen LogP contribution in [0.15, 0.2) is 0 Å². The lowest BCUT2D eigenvalue weighted by molar-refractivity contribution is -0.123. The van der Waals surface area contributed by atoms with Crippen molar-refractivity contribution in [1.82, 2.24) is 10.6 Å². The fourth-order valence-corrected chi connectivity index (χ4v) is 1.56. The van der Waals surface area contributed by atoms with Crippen LogP contribution in [0.1, 0.15) is 46.5 Å². The lowest BCUT2D eigenvalue weighted by atomic mass is 9.89. The highest BCUT2D eigenvalue weighted by atomic mass is 16.3. The Morgan fingerprint density at radius 1 is 1.26 bits per heavy atom. The summed E-state index contributed by atoms with van der Waals surface area (Å²) in [5, 5.41) is 15.3. The zero-order valence-corrected chi connectivity index (χ0v) is 12.2. The van der Waals surface area contributed by atoms with Crippen molar-refractivity contribution >= 4 is 11.8 Å². The molecule has 1 unspecified atom stereocenters. The second kappa shape index (κ2) is 6.89. The highest BCUT2D eigenvalue weighted by molar-refractivity contribution is 5.81. The maximum Gasteiger partial charge on any atom is 0.223 e. The molecule has 0 aliphatic heterocycles. The molecule has 5 nitrogen and oxygen atoms in total. The van der Waals surface area contributed by atoms with E-state index < -0.39 is 6.10 Å². The Morgan fingerprint density at radius 2 is 1.89 bits per heavy atom. The fraction of sp³-hybridized carbons (Fsp3) is 0.857. The zero-order chi connectivity index (χ0) is 14.5. The highest BCUT2D eigenvalue weighted by Crippen LogP contribution is 2.28. The van der Waals surface area contributed by atoms with E-state index in [1.165, 1.54) is 0 Å². The molecule has 1 rings (SSSR count). The van der Waals surface area contributed by atoms with Crippen LogP contribution < -0.4 is 10.6 Å². The Balaban J connectivity index is 2.03. The van der Waals surface area contributed by atoms with Gasteiger partial charge >= 0.3 is 0 Å². The molecular weight excluding hydrogens is 244 g/mol. The summed E-state index contributed by atoms with van der Waals surface area (Å²) in [7, 11) is 0. The Hall–Kier alpha value is -1.10. The Bertz CT molecular complexity index is 319. The molecular formula is C14H26N2O3. The van der Waals surface area contributed by atoms with Crippen LogP contribution in [0.4, 0.5) is 0 Å². The van der Waals surface area contributed by atoms with E-state index in [9.17, 15) is 14.7 Å². The first kappa shape index (κ1) is 16.0. The molecule has 0 heterocycles. The average molecular weight is 270 g/mol. The largest absolute Gasteiger partial charge is 0.391 e. The number of nitrogens with one attached hydrogen (secondary N) is 2. The molecule has 0 spiro atoms. The van der Waals surface area contributed by atoms with Crippen molar-refractivity contribution in [2.45, 2.75) is 52.6 Å². The molecule has 5 heteroatoms. The van der Waals surface area contributed by atoms with E-state index in [0.717, 1.165) is 12.8 Å². The van der Waals surface area contributed by atoms with Gasteiger partial charge in [0.05, 0.1) is 6.10 Å². The molecule has 1 saturated carbocycles. The van der Waals surface area contributed by atoms with E-state index in [-0.39, 0.29) is 29.7 Å². The van der Waals surface area contributed by atoms with Gasteiger partial charge in [-0.25, -0.2) is 0 Å². The van der Waals surface area contributed by atoms with Crippen LogP contribution in [-0.2, 0) is 9.59 Å². The molecule has 1 fully saturated rings. The van der Waals surface area contributed by atoms with Gasteiger partial charge in [0.25, 0.3) is 0 Å². The summed E-state index contributed by atoms with van der Waals surface area (Å²) in [4.78, 5) is 22.9. The first-order valence-electron chi connectivity index (χ1n) is 7.03. The lowest BCUT2D eigenvalue weighted by Gasteiger charge is -2.25. The molecule has 3 N–H and O–H groups in total. The van der Waals surface area contributed by atoms with Crippen molar-refractivity contribution in [3.8, 4) is 0 Å². The van der Waals surface area contributed by atoms with E-state index >= 15 is 0 Å². The third-order valence-corrected chi connectivity index (χ3v) is 3.32. The SMILES string of the molecule is CC(C)(C)C(O)CNC(=O)CCCNC(=O)C1CC1. The van der Waals surface area contributed by atoms with E-state index in [4.69, 9.17) is 0 Å². The summed E-state index contributed by atoms with van der Waals surface area (Å²) >= 11 is 0. The normalized spacial score (nSPS) is 16.8. The molecule has 0 aromatic carbocycles. The molecule has 1 atom stereocenters. The van der Waals surface area contributed by atoms with Gasteiger partial charge in [-0.15, -0.1) is 0 Å². The minimum atomic E-state index is -0.550. The lowest BCUT2D eigenvalue weighted by Crippen LogP contribution is -2.39. The van der Waals surface area contributed by atoms with Crippen molar-refractivity contribution in [3.63, 3.8) is 0 Å². The van der Waals surface area contributed by atoms with Crippen LogP contribution >= 0.6 is 0 Å². The van der Waals surface area contributed by atoms with Crippen molar-refractivity contribution in [1.29, 1.82) is 0 Å². The molecule has 0 aromatic rings. The van der Waals surface area contributed by atoms with Crippen molar-refractivity contribution in [2.75, 3.05) is 13.1 Å². The van der Waals surface area contributed by atoms with Crippen LogP contribution in [0.5, 0.6) is 0 Å². The number of rotatable bonds is 7. The highest BCUT2D eigenvalue weighted by Gasteiger charge is 2.29. The first-order chi connectivity index (χ1) is 8.80. The van der Waals surface area contributed by atoms with Crippen LogP contribution in [0.3, 0.4) is 0 Å². The van der Waals surface area contributed by atoms with Crippen molar-refractivity contribution < 1.29 is 14.7 Å². The topological polar surface area (TPSA) is 78.4 Å². The molecule has 0 radical (unpaired) electrons. The predicted molar refractivity (Wildman–Crippen MR) is 73.4 cm³/mol. The summed E-state index contributed by atoms with van der Waals surface area (Å²) in [5.74, 6) is 0.253. The number of carbonyl (C=O) groups excluding carboxylic acids is 2. The molecule has 0 saturated heterocycles. The monoisotopic (exact) mass is 270 g/mol. The van der Waals surface area contributed by atoms with E-state index in [1.54, 1.807) is 0 Å². The van der Waals surface area contributed by atoms with Gasteiger partial charge in [0.2, 0.25) is 11.8 Å². The molecule has 2 amide bonds. The molecule has 0 aromatic heterocycles. The second-order valence-electron chi connectivity index (χ2n) is 6.35. The van der Waals surface area contributed by atoms with Gasteiger partial charge in [-0.05, 0) is 24.7 Å². The van der Waals surface area contributed by atoms with Crippen molar-refractivity contribution in [3.05, 3.63) is 0 Å². The number of aliphatic hydroxyl groups excluding tert-OH is 1. The fourth-order valence-electron chi connectivity index (χ4n) is 1.56. The van der Waals surface area contributed by atoms with E-state index in [1.807, 2.05) is 20.8 Å². The minimum Gasteiger partial charge on any atom is -0.391 e. The third-order valence-electron chi connectivity index (χ3n) is 3.32. The van der Waals surface area contributed by atoms with Gasteiger partial charge in [0, 0.05) is 25.4 Å². The standard InChI is InChI=1S/C14H26N2O3/c1-14(2,3)11(17)9-16-12(18)5-4-8-15-13(19)10-6-7-10/h10-11,17H,4-9H2,1-3H3,(H,15,19)(H,16,18).